The van der Waals surface area contributed by atoms with Crippen molar-refractivity contribution in [3.8, 4) is 0 Å². The summed E-state index contributed by atoms with van der Waals surface area (Å²) in [5, 5.41) is 3.76. The maximum absolute atomic E-state index is 12.5. The number of fused-ring (bicyclic) bond motifs is 3. The van der Waals surface area contributed by atoms with Crippen molar-refractivity contribution < 1.29 is 9.53 Å². The number of rotatable bonds is 3. The smallest absolute Gasteiger partial charge is 0.224 e. The zero-order valence-corrected chi connectivity index (χ0v) is 18.0. The Kier molecular flexibility index (Phi) is 4.94. The van der Waals surface area contributed by atoms with Gasteiger partial charge in [0.25, 0.3) is 0 Å². The minimum absolute atomic E-state index is 0.103. The van der Waals surface area contributed by atoms with Crippen molar-refractivity contribution in [2.24, 2.45) is 5.92 Å². The third kappa shape index (κ3) is 3.35. The summed E-state index contributed by atoms with van der Waals surface area (Å²) in [6, 6.07) is 17.3. The molecule has 2 bridgehead atoms. The van der Waals surface area contributed by atoms with Crippen LogP contribution in [0.15, 0.2) is 48.5 Å². The molecule has 2 fully saturated rings. The van der Waals surface area contributed by atoms with Crippen LogP contribution in [0.1, 0.15) is 45.2 Å². The number of carbonyl (C=O) groups excluding carboxylic acids is 1. The molecule has 2 saturated heterocycles. The van der Waals surface area contributed by atoms with Crippen molar-refractivity contribution in [3.05, 3.63) is 54.1 Å². The summed E-state index contributed by atoms with van der Waals surface area (Å²) < 4.78 is 6.03. The molecule has 0 aromatic heterocycles. The van der Waals surface area contributed by atoms with E-state index in [9.17, 15) is 4.79 Å². The van der Waals surface area contributed by atoms with Gasteiger partial charge in [-0.3, -0.25) is 4.79 Å². The summed E-state index contributed by atoms with van der Waals surface area (Å²) in [6.45, 7) is 7.97. The lowest BCUT2D eigenvalue weighted by atomic mass is 9.82. The molecule has 3 heterocycles. The second-order valence-corrected chi connectivity index (χ2v) is 9.08. The minimum Gasteiger partial charge on any atom is -0.378 e. The normalized spacial score (nSPS) is 30.2. The highest BCUT2D eigenvalue weighted by Gasteiger charge is 2.39. The number of para-hydroxylation sites is 1. The second kappa shape index (κ2) is 7.62. The number of anilines is 3. The number of hydrogen-bond acceptors (Lipinski definition) is 4. The Morgan fingerprint density at radius 1 is 1.03 bits per heavy atom. The first kappa shape index (κ1) is 19.4. The van der Waals surface area contributed by atoms with Crippen molar-refractivity contribution in [1.29, 1.82) is 0 Å². The highest BCUT2D eigenvalue weighted by molar-refractivity contribution is 5.94. The molecule has 30 heavy (non-hydrogen) atoms. The van der Waals surface area contributed by atoms with Gasteiger partial charge in [0.2, 0.25) is 5.91 Å². The summed E-state index contributed by atoms with van der Waals surface area (Å²) >= 11 is 0. The number of benzene rings is 2. The van der Waals surface area contributed by atoms with Gasteiger partial charge in [0.05, 0.1) is 18.2 Å². The van der Waals surface area contributed by atoms with E-state index in [1.54, 1.807) is 6.92 Å². The quantitative estimate of drug-likeness (QED) is 0.811. The van der Waals surface area contributed by atoms with Gasteiger partial charge in [-0.2, -0.15) is 0 Å². The van der Waals surface area contributed by atoms with Gasteiger partial charge in [-0.25, -0.2) is 0 Å². The van der Waals surface area contributed by atoms with E-state index in [2.05, 4.69) is 66.5 Å². The molecule has 0 spiro atoms. The number of hydrogen-bond donors (Lipinski definition) is 1. The largest absolute Gasteiger partial charge is 0.378 e. The van der Waals surface area contributed by atoms with Crippen LogP contribution < -0.4 is 15.1 Å². The van der Waals surface area contributed by atoms with E-state index in [1.165, 1.54) is 11.3 Å². The number of nitrogens with one attached hydrogen (secondary N) is 1. The lowest BCUT2D eigenvalue weighted by Crippen LogP contribution is -2.48. The summed E-state index contributed by atoms with van der Waals surface area (Å²) in [7, 11) is 0. The van der Waals surface area contributed by atoms with Crippen LogP contribution in [0.5, 0.6) is 0 Å². The maximum atomic E-state index is 12.5. The van der Waals surface area contributed by atoms with Gasteiger partial charge < -0.3 is 19.9 Å². The van der Waals surface area contributed by atoms with Crippen LogP contribution in [0.2, 0.25) is 0 Å². The lowest BCUT2D eigenvalue weighted by Gasteiger charge is -2.45. The fraction of sp³-hybridized carbons (Fsp3) is 0.480. The van der Waals surface area contributed by atoms with Gasteiger partial charge >= 0.3 is 0 Å². The summed E-state index contributed by atoms with van der Waals surface area (Å²) in [5.74, 6) is 0.378. The van der Waals surface area contributed by atoms with Crippen LogP contribution in [0, 0.1) is 5.92 Å². The van der Waals surface area contributed by atoms with Gasteiger partial charge in [0, 0.05) is 54.6 Å². The Morgan fingerprint density at radius 2 is 1.73 bits per heavy atom. The summed E-state index contributed by atoms with van der Waals surface area (Å²) in [5.41, 5.74) is 4.58. The predicted octanol–water partition coefficient (Wildman–Crippen LogP) is 4.60. The van der Waals surface area contributed by atoms with E-state index in [1.807, 2.05) is 11.0 Å². The van der Waals surface area contributed by atoms with Crippen LogP contribution in [0.4, 0.5) is 17.1 Å². The zero-order valence-electron chi connectivity index (χ0n) is 18.0. The second-order valence-electron chi connectivity index (χ2n) is 9.08. The fourth-order valence-corrected chi connectivity index (χ4v) is 5.43. The lowest BCUT2D eigenvalue weighted by molar-refractivity contribution is -0.117. The Balaban J connectivity index is 1.54. The summed E-state index contributed by atoms with van der Waals surface area (Å²) in [6.07, 6.45) is 3.03. The number of amides is 1. The average molecular weight is 406 g/mol. The fourth-order valence-electron chi connectivity index (χ4n) is 5.43. The van der Waals surface area contributed by atoms with Crippen molar-refractivity contribution in [2.45, 2.75) is 57.9 Å². The molecule has 5 atom stereocenters. The average Bonchev–Trinajstić information content (AvgIpc) is 3.09. The topological polar surface area (TPSA) is 44.8 Å². The van der Waals surface area contributed by atoms with Gasteiger partial charge in [0.1, 0.15) is 0 Å². The Morgan fingerprint density at radius 3 is 2.40 bits per heavy atom. The van der Waals surface area contributed by atoms with Gasteiger partial charge in [-0.05, 0) is 50.1 Å². The molecule has 5 rings (SSSR count). The van der Waals surface area contributed by atoms with Crippen molar-refractivity contribution in [1.82, 2.24) is 0 Å². The Bertz CT molecular complexity index is 919. The Hall–Kier alpha value is -2.53. The third-order valence-electron chi connectivity index (χ3n) is 7.14. The molecule has 2 aromatic carbocycles. The molecule has 2 aromatic rings. The minimum atomic E-state index is 0.103. The van der Waals surface area contributed by atoms with Crippen LogP contribution in [-0.4, -0.2) is 37.2 Å². The highest BCUT2D eigenvalue weighted by atomic mass is 16.5. The van der Waals surface area contributed by atoms with E-state index in [-0.39, 0.29) is 23.9 Å². The van der Waals surface area contributed by atoms with Gasteiger partial charge in [0.15, 0.2) is 0 Å². The van der Waals surface area contributed by atoms with Crippen molar-refractivity contribution >= 4 is 23.0 Å². The van der Waals surface area contributed by atoms with Crippen LogP contribution in [0.25, 0.3) is 0 Å². The van der Waals surface area contributed by atoms with Crippen molar-refractivity contribution in [2.75, 3.05) is 28.2 Å². The van der Waals surface area contributed by atoms with Gasteiger partial charge in [-0.15, -0.1) is 0 Å². The third-order valence-corrected chi connectivity index (χ3v) is 7.14. The number of morpholine rings is 1. The molecule has 2 unspecified atom stereocenters. The molecular weight excluding hydrogens is 374 g/mol. The van der Waals surface area contributed by atoms with E-state index in [0.29, 0.717) is 12.2 Å². The molecule has 1 N–H and O–H groups in total. The number of nitrogens with zero attached hydrogens (tertiary/aromatic N) is 2. The molecule has 1 amide bonds. The molecule has 3 aliphatic heterocycles. The number of ether oxygens (including phenoxy) is 1. The van der Waals surface area contributed by atoms with Crippen LogP contribution in [-0.2, 0) is 9.53 Å². The molecule has 158 valence electrons. The predicted molar refractivity (Wildman–Crippen MR) is 121 cm³/mol. The zero-order chi connectivity index (χ0) is 20.8. The standard InChI is InChI=1S/C25H31N3O2/c1-16-17(2)28(18(3)29)24-12-9-20(27-14-21-10-11-22(15-27)30-21)13-23(24)25(16)26-19-7-5-4-6-8-19/h4-9,12-13,16-17,21-22,25-26H,10-11,14-15H2,1-3H3/t16?,17-,21-,22+,25?/m0/s1. The Labute approximate surface area is 179 Å². The van der Waals surface area contributed by atoms with E-state index in [0.717, 1.165) is 37.3 Å². The molecule has 0 saturated carbocycles. The summed E-state index contributed by atoms with van der Waals surface area (Å²) in [4.78, 5) is 17.0. The van der Waals surface area contributed by atoms with E-state index >= 15 is 0 Å². The molecule has 5 heteroatoms. The molecular formula is C25H31N3O2. The molecule has 0 radical (unpaired) electrons. The molecule has 5 nitrogen and oxygen atoms in total. The van der Waals surface area contributed by atoms with Crippen molar-refractivity contribution in [3.63, 3.8) is 0 Å². The first-order valence-corrected chi connectivity index (χ1v) is 11.2. The maximum Gasteiger partial charge on any atom is 0.224 e. The monoisotopic (exact) mass is 405 g/mol. The highest BCUT2D eigenvalue weighted by Crippen LogP contribution is 2.44. The van der Waals surface area contributed by atoms with Gasteiger partial charge in [-0.1, -0.05) is 25.1 Å². The first-order chi connectivity index (χ1) is 14.5. The van der Waals surface area contributed by atoms with Crippen LogP contribution in [0.3, 0.4) is 0 Å². The van der Waals surface area contributed by atoms with Crippen LogP contribution >= 0.6 is 0 Å². The first-order valence-electron chi connectivity index (χ1n) is 11.2. The SMILES string of the molecule is CC(=O)N1c2ccc(N3C[C@H]4CC[C@@H](C3)O4)cc2C(Nc2ccccc2)C(C)[C@@H]1C. The molecule has 0 aliphatic carbocycles. The van der Waals surface area contributed by atoms with E-state index in [4.69, 9.17) is 4.74 Å². The molecule has 3 aliphatic rings. The number of carbonyl (C=O) groups is 1. The van der Waals surface area contributed by atoms with E-state index < -0.39 is 0 Å².